The normalized spacial score (nSPS) is 11.8. The molecule has 2 aromatic carbocycles. The van der Waals surface area contributed by atoms with Crippen LogP contribution in [0, 0.1) is 13.8 Å². The predicted octanol–water partition coefficient (Wildman–Crippen LogP) is 3.90. The van der Waals surface area contributed by atoms with Gasteiger partial charge in [-0.3, -0.25) is 4.72 Å². The Labute approximate surface area is 147 Å². The van der Waals surface area contributed by atoms with Gasteiger partial charge >= 0.3 is 0 Å². The van der Waals surface area contributed by atoms with Crippen LogP contribution in [-0.4, -0.2) is 18.2 Å². The van der Waals surface area contributed by atoms with Gasteiger partial charge in [0.25, 0.3) is 10.0 Å². The summed E-state index contributed by atoms with van der Waals surface area (Å²) in [6, 6.07) is 16.6. The molecule has 5 nitrogen and oxygen atoms in total. The van der Waals surface area contributed by atoms with Gasteiger partial charge in [-0.05, 0) is 49.8 Å². The molecule has 128 valence electrons. The van der Waals surface area contributed by atoms with Gasteiger partial charge in [0, 0.05) is 11.9 Å². The summed E-state index contributed by atoms with van der Waals surface area (Å²) >= 11 is 0. The highest BCUT2D eigenvalue weighted by atomic mass is 32.2. The first-order chi connectivity index (χ1) is 11.9. The van der Waals surface area contributed by atoms with Crippen LogP contribution >= 0.6 is 0 Å². The van der Waals surface area contributed by atoms with Crippen molar-refractivity contribution < 1.29 is 8.42 Å². The summed E-state index contributed by atoms with van der Waals surface area (Å²) in [5.74, 6) is 0. The molecule has 1 N–H and O–H groups in total. The molecule has 0 atom stereocenters. The molecule has 0 saturated heterocycles. The summed E-state index contributed by atoms with van der Waals surface area (Å²) in [7, 11) is -3.60. The Hall–Kier alpha value is -2.86. The quantitative estimate of drug-likeness (QED) is 0.756. The van der Waals surface area contributed by atoms with Crippen LogP contribution in [0.1, 0.15) is 16.8 Å². The van der Waals surface area contributed by atoms with Crippen molar-refractivity contribution in [3.05, 3.63) is 83.0 Å². The van der Waals surface area contributed by atoms with Crippen molar-refractivity contribution in [2.75, 3.05) is 4.72 Å². The van der Waals surface area contributed by atoms with Gasteiger partial charge in [-0.15, -0.1) is 0 Å². The molecule has 25 heavy (non-hydrogen) atoms. The fourth-order valence-electron chi connectivity index (χ4n) is 2.38. The van der Waals surface area contributed by atoms with Crippen molar-refractivity contribution in [2.45, 2.75) is 13.8 Å². The molecule has 0 spiro atoms. The number of nitrogens with one attached hydrogen (secondary N) is 1. The van der Waals surface area contributed by atoms with Gasteiger partial charge in [-0.1, -0.05) is 35.9 Å². The van der Waals surface area contributed by atoms with Crippen LogP contribution in [0.25, 0.3) is 11.8 Å². The molecule has 0 unspecified atom stereocenters. The Morgan fingerprint density at radius 1 is 1.04 bits per heavy atom. The lowest BCUT2D eigenvalue weighted by Gasteiger charge is -2.08. The van der Waals surface area contributed by atoms with Gasteiger partial charge in [0.05, 0.1) is 16.8 Å². The lowest BCUT2D eigenvalue weighted by Crippen LogP contribution is -2.09. The van der Waals surface area contributed by atoms with Gasteiger partial charge in [-0.25, -0.2) is 13.1 Å². The summed E-state index contributed by atoms with van der Waals surface area (Å²) < 4.78 is 28.9. The van der Waals surface area contributed by atoms with Gasteiger partial charge in [-0.2, -0.15) is 5.10 Å². The van der Waals surface area contributed by atoms with Crippen LogP contribution < -0.4 is 4.72 Å². The van der Waals surface area contributed by atoms with E-state index < -0.39 is 10.0 Å². The van der Waals surface area contributed by atoms with E-state index in [-0.39, 0.29) is 0 Å². The zero-order chi connectivity index (χ0) is 17.9. The lowest BCUT2D eigenvalue weighted by molar-refractivity contribution is 0.609. The number of aryl methyl sites for hydroxylation is 2. The third-order valence-corrected chi connectivity index (χ3v) is 4.71. The molecule has 1 heterocycles. The number of nitrogens with zero attached hydrogens (tertiary/aromatic N) is 2. The first kappa shape index (κ1) is 17.0. The van der Waals surface area contributed by atoms with Crippen molar-refractivity contribution in [1.29, 1.82) is 0 Å². The van der Waals surface area contributed by atoms with E-state index in [0.29, 0.717) is 5.69 Å². The summed E-state index contributed by atoms with van der Waals surface area (Å²) in [4.78, 5) is 0. The molecule has 0 aliphatic carbocycles. The monoisotopic (exact) mass is 353 g/mol. The second-order valence-electron chi connectivity index (χ2n) is 5.80. The minimum Gasteiger partial charge on any atom is -0.280 e. The van der Waals surface area contributed by atoms with Crippen molar-refractivity contribution in [3.8, 4) is 5.69 Å². The zero-order valence-corrected chi connectivity index (χ0v) is 14.9. The predicted molar refractivity (Wildman–Crippen MR) is 101 cm³/mol. The fourth-order valence-corrected chi connectivity index (χ4v) is 3.24. The maximum Gasteiger partial charge on any atom is 0.255 e. The van der Waals surface area contributed by atoms with Gasteiger partial charge in [0.1, 0.15) is 0 Å². The smallest absolute Gasteiger partial charge is 0.255 e. The van der Waals surface area contributed by atoms with E-state index in [1.54, 1.807) is 35.2 Å². The summed E-state index contributed by atoms with van der Waals surface area (Å²) in [6.45, 7) is 3.92. The number of hydrogen-bond donors (Lipinski definition) is 1. The fraction of sp³-hybridized carbons (Fsp3) is 0.105. The Kier molecular flexibility index (Phi) is 4.72. The number of aromatic nitrogens is 2. The van der Waals surface area contributed by atoms with E-state index in [4.69, 9.17) is 0 Å². The van der Waals surface area contributed by atoms with Crippen LogP contribution in [-0.2, 0) is 10.0 Å². The Morgan fingerprint density at radius 3 is 2.48 bits per heavy atom. The maximum atomic E-state index is 12.3. The van der Waals surface area contributed by atoms with E-state index in [1.807, 2.05) is 50.2 Å². The number of anilines is 1. The van der Waals surface area contributed by atoms with Crippen LogP contribution in [0.4, 0.5) is 5.69 Å². The number of rotatable bonds is 5. The van der Waals surface area contributed by atoms with Gasteiger partial charge in [0.2, 0.25) is 0 Å². The highest BCUT2D eigenvalue weighted by Crippen LogP contribution is 2.17. The number of sulfonamides is 1. The lowest BCUT2D eigenvalue weighted by atomic mass is 10.2. The maximum absolute atomic E-state index is 12.3. The molecule has 0 aliphatic rings. The standard InChI is InChI=1S/C19H19N3O2S/c1-15-6-8-17(9-7-15)11-13-25(23,24)21-18-4-3-5-19(14-18)22-16(2)10-12-20-22/h3-14,21H,1-2H3/b13-11+. The third kappa shape index (κ3) is 4.36. The van der Waals surface area contributed by atoms with Crippen molar-refractivity contribution in [1.82, 2.24) is 9.78 Å². The number of benzene rings is 2. The highest BCUT2D eigenvalue weighted by Gasteiger charge is 2.08. The van der Waals surface area contributed by atoms with Crippen LogP contribution in [0.15, 0.2) is 66.2 Å². The molecule has 3 rings (SSSR count). The van der Waals surface area contributed by atoms with E-state index >= 15 is 0 Å². The summed E-state index contributed by atoms with van der Waals surface area (Å²) in [6.07, 6.45) is 3.28. The average Bonchev–Trinajstić information content (AvgIpc) is 3.00. The Bertz CT molecular complexity index is 1000. The van der Waals surface area contributed by atoms with Crippen molar-refractivity contribution in [2.24, 2.45) is 0 Å². The first-order valence-corrected chi connectivity index (χ1v) is 9.36. The topological polar surface area (TPSA) is 64.0 Å². The van der Waals surface area contributed by atoms with E-state index in [2.05, 4.69) is 9.82 Å². The average molecular weight is 353 g/mol. The summed E-state index contributed by atoms with van der Waals surface area (Å²) in [5, 5.41) is 5.40. The Morgan fingerprint density at radius 2 is 1.80 bits per heavy atom. The largest absolute Gasteiger partial charge is 0.280 e. The van der Waals surface area contributed by atoms with Crippen LogP contribution in [0.3, 0.4) is 0 Å². The Balaban J connectivity index is 1.79. The number of hydrogen-bond acceptors (Lipinski definition) is 3. The van der Waals surface area contributed by atoms with Crippen molar-refractivity contribution in [3.63, 3.8) is 0 Å². The first-order valence-electron chi connectivity index (χ1n) is 7.82. The third-order valence-electron chi connectivity index (χ3n) is 3.70. The second-order valence-corrected chi connectivity index (χ2v) is 7.36. The molecule has 3 aromatic rings. The molecule has 0 amide bonds. The summed E-state index contributed by atoms with van der Waals surface area (Å²) in [5.41, 5.74) is 4.21. The highest BCUT2D eigenvalue weighted by molar-refractivity contribution is 7.95. The molecule has 0 radical (unpaired) electrons. The molecule has 0 fully saturated rings. The van der Waals surface area contributed by atoms with Crippen molar-refractivity contribution >= 4 is 21.8 Å². The van der Waals surface area contributed by atoms with Crippen LogP contribution in [0.5, 0.6) is 0 Å². The van der Waals surface area contributed by atoms with E-state index in [1.165, 1.54) is 5.41 Å². The molecule has 6 heteroatoms. The SMILES string of the molecule is Cc1ccc(/C=C/S(=O)(=O)Nc2cccc(-n3nccc3C)c2)cc1. The van der Waals surface area contributed by atoms with E-state index in [9.17, 15) is 8.42 Å². The minimum atomic E-state index is -3.60. The van der Waals surface area contributed by atoms with E-state index in [0.717, 1.165) is 22.5 Å². The molecule has 1 aromatic heterocycles. The molecule has 0 saturated carbocycles. The zero-order valence-electron chi connectivity index (χ0n) is 14.0. The molecule has 0 aliphatic heterocycles. The van der Waals surface area contributed by atoms with Gasteiger partial charge in [0.15, 0.2) is 0 Å². The molecular formula is C19H19N3O2S. The molecule has 0 bridgehead atoms. The van der Waals surface area contributed by atoms with Crippen LogP contribution in [0.2, 0.25) is 0 Å². The second kappa shape index (κ2) is 6.94. The molecular weight excluding hydrogens is 334 g/mol. The van der Waals surface area contributed by atoms with Gasteiger partial charge < -0.3 is 0 Å². The minimum absolute atomic E-state index is 0.487.